The van der Waals surface area contributed by atoms with Gasteiger partial charge < -0.3 is 15.0 Å². The van der Waals surface area contributed by atoms with Crippen LogP contribution in [0.15, 0.2) is 6.33 Å². The van der Waals surface area contributed by atoms with Crippen molar-refractivity contribution >= 4 is 24.8 Å². The van der Waals surface area contributed by atoms with Crippen LogP contribution >= 0.6 is 24.8 Å². The molecule has 0 amide bonds. The molecule has 0 aromatic carbocycles. The summed E-state index contributed by atoms with van der Waals surface area (Å²) in [5.74, 6) is 0.844. The van der Waals surface area contributed by atoms with Crippen molar-refractivity contribution in [2.75, 3.05) is 13.1 Å². The van der Waals surface area contributed by atoms with Crippen molar-refractivity contribution in [2.24, 2.45) is 7.05 Å². The Morgan fingerprint density at radius 1 is 1.56 bits per heavy atom. The Kier molecular flexibility index (Phi) is 6.25. The minimum atomic E-state index is -0.640. The first-order chi connectivity index (χ1) is 6.70. The molecule has 1 aliphatic heterocycles. The van der Waals surface area contributed by atoms with Gasteiger partial charge in [-0.05, 0) is 19.4 Å². The zero-order chi connectivity index (χ0) is 10.0. The summed E-state index contributed by atoms with van der Waals surface area (Å²) in [6.45, 7) is 1.65. The maximum atomic E-state index is 10.2. The second-order valence-corrected chi connectivity index (χ2v) is 4.04. The van der Waals surface area contributed by atoms with Gasteiger partial charge in [0.2, 0.25) is 0 Å². The van der Waals surface area contributed by atoms with E-state index >= 15 is 0 Å². The maximum absolute atomic E-state index is 10.2. The van der Waals surface area contributed by atoms with Crippen LogP contribution in [0.1, 0.15) is 18.7 Å². The highest BCUT2D eigenvalue weighted by atomic mass is 35.5. The van der Waals surface area contributed by atoms with Gasteiger partial charge in [0, 0.05) is 20.0 Å². The summed E-state index contributed by atoms with van der Waals surface area (Å²) in [7, 11) is 1.90. The molecule has 0 bridgehead atoms. The van der Waals surface area contributed by atoms with E-state index in [9.17, 15) is 5.11 Å². The average Bonchev–Trinajstić information content (AvgIpc) is 2.52. The van der Waals surface area contributed by atoms with Gasteiger partial charge in [-0.1, -0.05) is 0 Å². The van der Waals surface area contributed by atoms with Gasteiger partial charge in [-0.25, -0.2) is 0 Å². The van der Waals surface area contributed by atoms with Gasteiger partial charge in [0.05, 0.1) is 5.60 Å². The number of β-amino-alcohol motifs (C(OH)–C–C–N with tert-alkyl or cyclic N) is 1. The van der Waals surface area contributed by atoms with Crippen LogP contribution in [-0.4, -0.2) is 38.6 Å². The number of aliphatic hydroxyl groups is 1. The lowest BCUT2D eigenvalue weighted by atomic mass is 9.90. The lowest BCUT2D eigenvalue weighted by Gasteiger charge is -2.32. The zero-order valence-corrected chi connectivity index (χ0v) is 10.9. The first-order valence-corrected chi connectivity index (χ1v) is 4.96. The Balaban J connectivity index is 0.00000112. The molecule has 2 heterocycles. The predicted octanol–water partition coefficient (Wildman–Crippen LogP) is 0.316. The van der Waals surface area contributed by atoms with E-state index in [-0.39, 0.29) is 24.8 Å². The van der Waals surface area contributed by atoms with Gasteiger partial charge in [-0.2, -0.15) is 0 Å². The van der Waals surface area contributed by atoms with Gasteiger partial charge in [0.15, 0.2) is 0 Å². The fraction of sp³-hybridized carbons (Fsp3) is 0.778. The van der Waals surface area contributed by atoms with Crippen molar-refractivity contribution in [3.8, 4) is 0 Å². The fourth-order valence-electron chi connectivity index (χ4n) is 1.86. The highest BCUT2D eigenvalue weighted by Gasteiger charge is 2.30. The van der Waals surface area contributed by atoms with Crippen molar-refractivity contribution in [1.29, 1.82) is 0 Å². The largest absolute Gasteiger partial charge is 0.388 e. The third kappa shape index (κ3) is 3.59. The summed E-state index contributed by atoms with van der Waals surface area (Å²) < 4.78 is 1.85. The smallest absolute Gasteiger partial charge is 0.135 e. The predicted molar refractivity (Wildman–Crippen MR) is 66.3 cm³/mol. The molecule has 5 nitrogen and oxygen atoms in total. The Labute approximate surface area is 107 Å². The summed E-state index contributed by atoms with van der Waals surface area (Å²) in [6.07, 6.45) is 4.10. The highest BCUT2D eigenvalue weighted by molar-refractivity contribution is 5.85. The molecule has 0 aliphatic carbocycles. The quantitative estimate of drug-likeness (QED) is 0.811. The molecule has 1 aromatic rings. The lowest BCUT2D eigenvalue weighted by Crippen LogP contribution is -2.47. The number of hydrogen-bond acceptors (Lipinski definition) is 4. The first-order valence-electron chi connectivity index (χ1n) is 4.96. The molecule has 2 rings (SSSR count). The Hall–Kier alpha value is -0.360. The minimum absolute atomic E-state index is 0. The second-order valence-electron chi connectivity index (χ2n) is 4.04. The molecule has 16 heavy (non-hydrogen) atoms. The minimum Gasteiger partial charge on any atom is -0.388 e. The number of nitrogens with zero attached hydrogens (tertiary/aromatic N) is 3. The number of rotatable bonds is 2. The summed E-state index contributed by atoms with van der Waals surface area (Å²) >= 11 is 0. The topological polar surface area (TPSA) is 63.0 Å². The molecule has 94 valence electrons. The van der Waals surface area contributed by atoms with Crippen LogP contribution in [0.2, 0.25) is 0 Å². The van der Waals surface area contributed by atoms with Crippen LogP contribution in [0.3, 0.4) is 0 Å². The number of halogens is 2. The van der Waals surface area contributed by atoms with Gasteiger partial charge in [-0.15, -0.1) is 35.0 Å². The van der Waals surface area contributed by atoms with E-state index in [2.05, 4.69) is 15.5 Å². The van der Waals surface area contributed by atoms with Crippen molar-refractivity contribution in [1.82, 2.24) is 20.1 Å². The van der Waals surface area contributed by atoms with Crippen LogP contribution in [0.4, 0.5) is 0 Å². The van der Waals surface area contributed by atoms with Crippen molar-refractivity contribution in [3.05, 3.63) is 12.2 Å². The van der Waals surface area contributed by atoms with E-state index in [0.29, 0.717) is 13.0 Å². The molecule has 1 unspecified atom stereocenters. The van der Waals surface area contributed by atoms with Crippen molar-refractivity contribution in [2.45, 2.75) is 24.9 Å². The van der Waals surface area contributed by atoms with E-state index < -0.39 is 5.60 Å². The van der Waals surface area contributed by atoms with Crippen LogP contribution in [-0.2, 0) is 13.5 Å². The van der Waals surface area contributed by atoms with Gasteiger partial charge in [-0.3, -0.25) is 0 Å². The van der Waals surface area contributed by atoms with E-state index in [1.807, 2.05) is 11.6 Å². The summed E-state index contributed by atoms with van der Waals surface area (Å²) in [4.78, 5) is 0. The molecule has 0 radical (unpaired) electrons. The normalized spacial score (nSPS) is 24.4. The zero-order valence-electron chi connectivity index (χ0n) is 9.22. The Morgan fingerprint density at radius 2 is 2.31 bits per heavy atom. The van der Waals surface area contributed by atoms with E-state index in [0.717, 1.165) is 25.2 Å². The summed E-state index contributed by atoms with van der Waals surface area (Å²) in [5.41, 5.74) is -0.640. The van der Waals surface area contributed by atoms with Gasteiger partial charge in [0.1, 0.15) is 12.2 Å². The van der Waals surface area contributed by atoms with E-state index in [4.69, 9.17) is 0 Å². The molecule has 1 saturated heterocycles. The van der Waals surface area contributed by atoms with E-state index in [1.54, 1.807) is 6.33 Å². The number of nitrogens with one attached hydrogen (secondary N) is 1. The fourth-order valence-corrected chi connectivity index (χ4v) is 1.86. The SMILES string of the molecule is Cl.Cl.Cn1cnnc1CC1(O)CCCNC1. The molecule has 1 aromatic heterocycles. The number of hydrogen-bond donors (Lipinski definition) is 2. The van der Waals surface area contributed by atoms with E-state index in [1.165, 1.54) is 0 Å². The molecular formula is C9H18Cl2N4O. The molecular weight excluding hydrogens is 251 g/mol. The first kappa shape index (κ1) is 15.6. The number of piperidine rings is 1. The number of aryl methyl sites for hydroxylation is 1. The monoisotopic (exact) mass is 268 g/mol. The standard InChI is InChI=1S/C9H16N4O.2ClH/c1-13-7-11-12-8(13)5-9(14)3-2-4-10-6-9;;/h7,10,14H,2-6H2,1H3;2*1H. The van der Waals surface area contributed by atoms with Gasteiger partial charge in [0.25, 0.3) is 0 Å². The molecule has 1 aliphatic rings. The molecule has 1 atom stereocenters. The lowest BCUT2D eigenvalue weighted by molar-refractivity contribution is 0.0145. The Bertz CT molecular complexity index is 312. The molecule has 0 saturated carbocycles. The van der Waals surface area contributed by atoms with Crippen LogP contribution in [0, 0.1) is 0 Å². The average molecular weight is 269 g/mol. The summed E-state index contributed by atoms with van der Waals surface area (Å²) in [6, 6.07) is 0. The molecule has 2 N–H and O–H groups in total. The molecule has 7 heteroatoms. The molecule has 1 fully saturated rings. The third-order valence-electron chi connectivity index (χ3n) is 2.74. The van der Waals surface area contributed by atoms with Crippen molar-refractivity contribution < 1.29 is 5.11 Å². The summed E-state index contributed by atoms with van der Waals surface area (Å²) in [5, 5.41) is 21.2. The van der Waals surface area contributed by atoms with Crippen molar-refractivity contribution in [3.63, 3.8) is 0 Å². The van der Waals surface area contributed by atoms with Crippen LogP contribution in [0.5, 0.6) is 0 Å². The Morgan fingerprint density at radius 3 is 2.81 bits per heavy atom. The maximum Gasteiger partial charge on any atom is 0.135 e. The number of aromatic nitrogens is 3. The second kappa shape index (κ2) is 6.39. The van der Waals surface area contributed by atoms with Gasteiger partial charge >= 0.3 is 0 Å². The highest BCUT2D eigenvalue weighted by Crippen LogP contribution is 2.19. The third-order valence-corrected chi connectivity index (χ3v) is 2.74. The van der Waals surface area contributed by atoms with Crippen LogP contribution in [0.25, 0.3) is 0 Å². The molecule has 0 spiro atoms. The van der Waals surface area contributed by atoms with Crippen LogP contribution < -0.4 is 5.32 Å².